The van der Waals surface area contributed by atoms with Crippen LogP contribution in [0.4, 0.5) is 18.9 Å². The van der Waals surface area contributed by atoms with Crippen LogP contribution in [0.15, 0.2) is 59.1 Å². The molecular formula is C18H10F3N3O3. The van der Waals surface area contributed by atoms with E-state index < -0.39 is 18.0 Å². The summed E-state index contributed by atoms with van der Waals surface area (Å²) in [4.78, 5) is 29.1. The van der Waals surface area contributed by atoms with Crippen LogP contribution in [0.1, 0.15) is 17.4 Å². The topological polar surface area (TPSA) is 76.3 Å². The highest BCUT2D eigenvalue weighted by Crippen LogP contribution is 2.35. The van der Waals surface area contributed by atoms with Crippen molar-refractivity contribution in [3.05, 3.63) is 66.1 Å². The Kier molecular flexibility index (Phi) is 3.79. The first-order valence-corrected chi connectivity index (χ1v) is 7.80. The van der Waals surface area contributed by atoms with Gasteiger partial charge in [-0.2, -0.15) is 18.2 Å². The molecule has 0 radical (unpaired) electrons. The molecule has 1 aromatic heterocycles. The van der Waals surface area contributed by atoms with Crippen molar-refractivity contribution in [2.45, 2.75) is 12.1 Å². The second-order valence-electron chi connectivity index (χ2n) is 5.82. The SMILES string of the molecule is O=C1C(c2ccccc2)C(=O)N1c1ccc(-c2noc(C(F)(F)F)n2)cc1. The van der Waals surface area contributed by atoms with Gasteiger partial charge in [-0.1, -0.05) is 35.5 Å². The molecule has 2 aromatic carbocycles. The van der Waals surface area contributed by atoms with E-state index in [9.17, 15) is 22.8 Å². The van der Waals surface area contributed by atoms with Gasteiger partial charge in [-0.3, -0.25) is 9.59 Å². The van der Waals surface area contributed by atoms with Gasteiger partial charge < -0.3 is 4.52 Å². The highest BCUT2D eigenvalue weighted by molar-refractivity contribution is 6.36. The van der Waals surface area contributed by atoms with Crippen LogP contribution in [0.2, 0.25) is 0 Å². The van der Waals surface area contributed by atoms with Crippen LogP contribution >= 0.6 is 0 Å². The van der Waals surface area contributed by atoms with Crippen LogP contribution in [0.5, 0.6) is 0 Å². The van der Waals surface area contributed by atoms with Crippen LogP contribution in [-0.4, -0.2) is 22.0 Å². The Bertz CT molecular complexity index is 998. The molecule has 4 rings (SSSR count). The highest BCUT2D eigenvalue weighted by atomic mass is 19.4. The highest BCUT2D eigenvalue weighted by Gasteiger charge is 2.48. The summed E-state index contributed by atoms with van der Waals surface area (Å²) in [6.45, 7) is 0. The molecule has 3 aromatic rings. The van der Waals surface area contributed by atoms with Crippen molar-refractivity contribution < 1.29 is 27.3 Å². The van der Waals surface area contributed by atoms with Gasteiger partial charge in [-0.05, 0) is 29.8 Å². The van der Waals surface area contributed by atoms with Crippen LogP contribution in [0.3, 0.4) is 0 Å². The number of amides is 2. The normalized spacial score (nSPS) is 15.1. The summed E-state index contributed by atoms with van der Waals surface area (Å²) in [5.41, 5.74) is 1.20. The third kappa shape index (κ3) is 2.86. The maximum Gasteiger partial charge on any atom is 0.471 e. The Balaban J connectivity index is 1.54. The molecule has 0 unspecified atom stereocenters. The van der Waals surface area contributed by atoms with Gasteiger partial charge >= 0.3 is 12.1 Å². The van der Waals surface area contributed by atoms with Crippen molar-refractivity contribution in [3.8, 4) is 11.4 Å². The lowest BCUT2D eigenvalue weighted by molar-refractivity contribution is -0.159. The molecule has 27 heavy (non-hydrogen) atoms. The van der Waals surface area contributed by atoms with Crippen LogP contribution < -0.4 is 4.90 Å². The van der Waals surface area contributed by atoms with Gasteiger partial charge in [0.25, 0.3) is 11.8 Å². The van der Waals surface area contributed by atoms with E-state index in [2.05, 4.69) is 14.7 Å². The van der Waals surface area contributed by atoms with E-state index in [-0.39, 0.29) is 23.2 Å². The van der Waals surface area contributed by atoms with Crippen molar-refractivity contribution >= 4 is 17.5 Å². The number of rotatable bonds is 3. The maximum absolute atomic E-state index is 12.5. The number of alkyl halides is 3. The van der Waals surface area contributed by atoms with E-state index >= 15 is 0 Å². The van der Waals surface area contributed by atoms with Gasteiger partial charge in [-0.25, -0.2) is 4.90 Å². The molecule has 136 valence electrons. The Morgan fingerprint density at radius 2 is 1.56 bits per heavy atom. The molecule has 0 bridgehead atoms. The quantitative estimate of drug-likeness (QED) is 0.519. The number of benzene rings is 2. The average Bonchev–Trinajstić information content (AvgIpc) is 3.14. The number of halogens is 3. The fourth-order valence-electron chi connectivity index (χ4n) is 2.81. The van der Waals surface area contributed by atoms with E-state index in [4.69, 9.17) is 0 Å². The van der Waals surface area contributed by atoms with Gasteiger partial charge in [0.15, 0.2) is 0 Å². The zero-order chi connectivity index (χ0) is 19.2. The van der Waals surface area contributed by atoms with E-state index in [0.29, 0.717) is 11.3 Å². The fraction of sp³-hybridized carbons (Fsp3) is 0.111. The number of aromatic nitrogens is 2. The summed E-state index contributed by atoms with van der Waals surface area (Å²) in [7, 11) is 0. The second kappa shape index (κ2) is 6.04. The monoisotopic (exact) mass is 373 g/mol. The Labute approximate surface area is 150 Å². The summed E-state index contributed by atoms with van der Waals surface area (Å²) < 4.78 is 41.8. The van der Waals surface area contributed by atoms with Crippen LogP contribution in [0.25, 0.3) is 11.4 Å². The number of β-lactam (4-membered cyclic amide) rings is 2. The Hall–Kier alpha value is -3.49. The summed E-state index contributed by atoms with van der Waals surface area (Å²) in [6, 6.07) is 14.4. The van der Waals surface area contributed by atoms with E-state index in [1.807, 2.05) is 0 Å². The van der Waals surface area contributed by atoms with Crippen molar-refractivity contribution in [1.29, 1.82) is 0 Å². The molecule has 0 N–H and O–H groups in total. The lowest BCUT2D eigenvalue weighted by atomic mass is 9.88. The van der Waals surface area contributed by atoms with E-state index in [1.54, 1.807) is 30.3 Å². The zero-order valence-corrected chi connectivity index (χ0v) is 13.5. The van der Waals surface area contributed by atoms with Gasteiger partial charge in [-0.15, -0.1) is 0 Å². The number of carbonyl (C=O) groups is 2. The van der Waals surface area contributed by atoms with Crippen LogP contribution in [0, 0.1) is 0 Å². The van der Waals surface area contributed by atoms with Crippen molar-refractivity contribution in [3.63, 3.8) is 0 Å². The van der Waals surface area contributed by atoms with Gasteiger partial charge in [0.1, 0.15) is 5.92 Å². The number of imide groups is 1. The summed E-state index contributed by atoms with van der Waals surface area (Å²) >= 11 is 0. The number of anilines is 1. The van der Waals surface area contributed by atoms with E-state index in [0.717, 1.165) is 4.90 Å². The first-order chi connectivity index (χ1) is 12.9. The third-order valence-electron chi connectivity index (χ3n) is 4.12. The number of carbonyl (C=O) groups excluding carboxylic acids is 2. The minimum atomic E-state index is -4.73. The average molecular weight is 373 g/mol. The third-order valence-corrected chi connectivity index (χ3v) is 4.12. The molecule has 1 aliphatic heterocycles. The zero-order valence-electron chi connectivity index (χ0n) is 13.5. The summed E-state index contributed by atoms with van der Waals surface area (Å²) in [5.74, 6) is -3.24. The Morgan fingerprint density at radius 1 is 0.926 bits per heavy atom. The molecule has 9 heteroatoms. The summed E-state index contributed by atoms with van der Waals surface area (Å²) in [5, 5.41) is 3.29. The maximum atomic E-state index is 12.5. The molecule has 1 fully saturated rings. The largest absolute Gasteiger partial charge is 0.471 e. The molecule has 0 spiro atoms. The first kappa shape index (κ1) is 17.0. The van der Waals surface area contributed by atoms with Gasteiger partial charge in [0.2, 0.25) is 5.82 Å². The van der Waals surface area contributed by atoms with Crippen molar-refractivity contribution in [2.24, 2.45) is 0 Å². The minimum Gasteiger partial charge on any atom is -0.329 e. The van der Waals surface area contributed by atoms with Crippen molar-refractivity contribution in [2.75, 3.05) is 4.90 Å². The lowest BCUT2D eigenvalue weighted by Gasteiger charge is -2.36. The molecule has 2 amide bonds. The van der Waals surface area contributed by atoms with Gasteiger partial charge in [0.05, 0.1) is 5.69 Å². The Morgan fingerprint density at radius 3 is 2.11 bits per heavy atom. The number of hydrogen-bond acceptors (Lipinski definition) is 5. The predicted octanol–water partition coefficient (Wildman–Crippen LogP) is 3.41. The molecule has 6 nitrogen and oxygen atoms in total. The number of nitrogens with zero attached hydrogens (tertiary/aromatic N) is 3. The fourth-order valence-corrected chi connectivity index (χ4v) is 2.81. The lowest BCUT2D eigenvalue weighted by Crippen LogP contribution is -2.56. The minimum absolute atomic E-state index is 0.239. The van der Waals surface area contributed by atoms with E-state index in [1.165, 1.54) is 24.3 Å². The molecule has 0 saturated carbocycles. The number of hydrogen-bond donors (Lipinski definition) is 0. The molecule has 1 saturated heterocycles. The molecular weight excluding hydrogens is 363 g/mol. The second-order valence-corrected chi connectivity index (χ2v) is 5.82. The molecule has 1 aliphatic rings. The van der Waals surface area contributed by atoms with Crippen molar-refractivity contribution in [1.82, 2.24) is 10.1 Å². The standard InChI is InChI=1S/C18H10F3N3O3/c19-18(20,21)17-22-14(23-27-17)11-6-8-12(9-7-11)24-15(25)13(16(24)26)10-4-2-1-3-5-10/h1-9,13H. The predicted molar refractivity (Wildman–Crippen MR) is 86.4 cm³/mol. The molecule has 0 atom stereocenters. The smallest absolute Gasteiger partial charge is 0.329 e. The van der Waals surface area contributed by atoms with Gasteiger partial charge in [0, 0.05) is 5.56 Å². The molecule has 0 aliphatic carbocycles. The molecule has 2 heterocycles. The first-order valence-electron chi connectivity index (χ1n) is 7.80. The summed E-state index contributed by atoms with van der Waals surface area (Å²) in [6.07, 6.45) is -4.73. The van der Waals surface area contributed by atoms with Crippen LogP contribution in [-0.2, 0) is 15.8 Å².